The topological polar surface area (TPSA) is 98.5 Å². The Kier molecular flexibility index (Phi) is 4.18. The van der Waals surface area contributed by atoms with E-state index in [0.717, 1.165) is 0 Å². The largest absolute Gasteiger partial charge is 0.503 e. The van der Waals surface area contributed by atoms with Crippen molar-refractivity contribution in [3.8, 4) is 11.5 Å². The van der Waals surface area contributed by atoms with Crippen LogP contribution < -0.4 is 10.1 Å². The van der Waals surface area contributed by atoms with Crippen LogP contribution >= 0.6 is 15.9 Å². The summed E-state index contributed by atoms with van der Waals surface area (Å²) in [6.45, 7) is 1.77. The van der Waals surface area contributed by atoms with Gasteiger partial charge in [-0.1, -0.05) is 0 Å². The zero-order chi connectivity index (χ0) is 17.4. The number of nitrogens with one attached hydrogen (secondary N) is 1. The van der Waals surface area contributed by atoms with E-state index in [1.807, 2.05) is 0 Å². The van der Waals surface area contributed by atoms with Crippen LogP contribution in [0.15, 0.2) is 34.2 Å². The maximum Gasteiger partial charge on any atom is 0.338 e. The molecule has 1 aliphatic rings. The molecule has 0 radical (unpaired) electrons. The summed E-state index contributed by atoms with van der Waals surface area (Å²) < 4.78 is 12.2. The lowest BCUT2D eigenvalue weighted by atomic mass is 9.95. The highest BCUT2D eigenvalue weighted by atomic mass is 79.9. The van der Waals surface area contributed by atoms with Crippen LogP contribution in [0.1, 0.15) is 18.5 Å². The predicted octanol–water partition coefficient (Wildman–Crippen LogP) is 2.22. The molecule has 9 heteroatoms. The SMILES string of the molecule is COC(=O)C1=C(C)Nc2ncnn2[C@@H]1c1cc(Br)c(O)c(OC)c1. The second-order valence-electron chi connectivity index (χ2n) is 5.14. The number of hydrogen-bond donors (Lipinski definition) is 2. The fourth-order valence-corrected chi connectivity index (χ4v) is 3.14. The van der Waals surface area contributed by atoms with Gasteiger partial charge in [-0.25, -0.2) is 9.48 Å². The van der Waals surface area contributed by atoms with Gasteiger partial charge in [0.05, 0.1) is 24.3 Å². The monoisotopic (exact) mass is 394 g/mol. The number of rotatable bonds is 3. The highest BCUT2D eigenvalue weighted by Crippen LogP contribution is 2.41. The van der Waals surface area contributed by atoms with Gasteiger partial charge in [-0.15, -0.1) is 0 Å². The number of ether oxygens (including phenoxy) is 2. The minimum Gasteiger partial charge on any atom is -0.503 e. The Hall–Kier alpha value is -2.55. The number of methoxy groups -OCH3 is 2. The Morgan fingerprint density at radius 3 is 2.83 bits per heavy atom. The molecule has 0 saturated carbocycles. The number of esters is 1. The van der Waals surface area contributed by atoms with E-state index in [-0.39, 0.29) is 11.5 Å². The average Bonchev–Trinajstić information content (AvgIpc) is 3.03. The normalized spacial score (nSPS) is 16.4. The summed E-state index contributed by atoms with van der Waals surface area (Å²) in [5, 5.41) is 17.3. The van der Waals surface area contributed by atoms with Crippen LogP contribution in [-0.4, -0.2) is 40.1 Å². The zero-order valence-corrected chi connectivity index (χ0v) is 14.8. The van der Waals surface area contributed by atoms with Crippen LogP contribution in [0.25, 0.3) is 0 Å². The Labute approximate surface area is 146 Å². The summed E-state index contributed by atoms with van der Waals surface area (Å²) in [7, 11) is 2.78. The molecule has 2 N–H and O–H groups in total. The minimum absolute atomic E-state index is 0.0192. The summed E-state index contributed by atoms with van der Waals surface area (Å²) in [5.74, 6) is 0.290. The standard InChI is InChI=1S/C15H15BrN4O4/c1-7-11(14(22)24-3)12(20-15(19-7)17-6-18-20)8-4-9(16)13(21)10(5-8)23-2/h4-6,12,21H,1-3H3,(H,17,18,19)/t12-/m1/s1. The van der Waals surface area contributed by atoms with E-state index in [2.05, 4.69) is 31.3 Å². The van der Waals surface area contributed by atoms with Crippen molar-refractivity contribution >= 4 is 27.8 Å². The van der Waals surface area contributed by atoms with E-state index < -0.39 is 12.0 Å². The van der Waals surface area contributed by atoms with Crippen molar-refractivity contribution in [2.24, 2.45) is 0 Å². The van der Waals surface area contributed by atoms with Gasteiger partial charge in [0.25, 0.3) is 0 Å². The molecule has 8 nitrogen and oxygen atoms in total. The number of halogens is 1. The predicted molar refractivity (Wildman–Crippen MR) is 88.9 cm³/mol. The van der Waals surface area contributed by atoms with Crippen LogP contribution in [0, 0.1) is 0 Å². The molecule has 2 aromatic rings. The summed E-state index contributed by atoms with van der Waals surface area (Å²) >= 11 is 3.30. The summed E-state index contributed by atoms with van der Waals surface area (Å²) in [5.41, 5.74) is 1.70. The van der Waals surface area contributed by atoms with Gasteiger partial charge in [0, 0.05) is 5.70 Å². The maximum absolute atomic E-state index is 12.3. The van der Waals surface area contributed by atoms with E-state index in [1.54, 1.807) is 23.7 Å². The van der Waals surface area contributed by atoms with Crippen molar-refractivity contribution in [1.82, 2.24) is 14.8 Å². The summed E-state index contributed by atoms with van der Waals surface area (Å²) in [4.78, 5) is 16.5. The maximum atomic E-state index is 12.3. The second-order valence-corrected chi connectivity index (χ2v) is 5.99. The first kappa shape index (κ1) is 16.3. The number of hydrogen-bond acceptors (Lipinski definition) is 7. The molecule has 1 aromatic heterocycles. The number of phenolic OH excluding ortho intramolecular Hbond substituents is 1. The van der Waals surface area contributed by atoms with Crippen LogP contribution in [0.5, 0.6) is 11.5 Å². The van der Waals surface area contributed by atoms with Crippen molar-refractivity contribution in [2.45, 2.75) is 13.0 Å². The van der Waals surface area contributed by atoms with E-state index in [1.165, 1.54) is 20.5 Å². The van der Waals surface area contributed by atoms with Crippen molar-refractivity contribution in [2.75, 3.05) is 19.5 Å². The van der Waals surface area contributed by atoms with Gasteiger partial charge in [-0.05, 0) is 40.5 Å². The van der Waals surface area contributed by atoms with Crippen LogP contribution in [0.2, 0.25) is 0 Å². The first-order chi connectivity index (χ1) is 11.5. The van der Waals surface area contributed by atoms with E-state index in [4.69, 9.17) is 9.47 Å². The number of allylic oxidation sites excluding steroid dienone is 1. The minimum atomic E-state index is -0.568. The van der Waals surface area contributed by atoms with Crippen molar-refractivity contribution < 1.29 is 19.4 Å². The number of carbonyl (C=O) groups is 1. The Bertz CT molecular complexity index is 846. The van der Waals surface area contributed by atoms with Crippen LogP contribution in [0.3, 0.4) is 0 Å². The van der Waals surface area contributed by atoms with Crippen molar-refractivity contribution in [3.05, 3.63) is 39.8 Å². The average molecular weight is 395 g/mol. The molecule has 0 amide bonds. The quantitative estimate of drug-likeness (QED) is 0.769. The highest BCUT2D eigenvalue weighted by molar-refractivity contribution is 9.10. The molecule has 24 heavy (non-hydrogen) atoms. The molecule has 3 rings (SSSR count). The molecule has 1 aromatic carbocycles. The van der Waals surface area contributed by atoms with E-state index in [0.29, 0.717) is 27.3 Å². The van der Waals surface area contributed by atoms with Crippen LogP contribution in [0.4, 0.5) is 5.95 Å². The van der Waals surface area contributed by atoms with E-state index >= 15 is 0 Å². The van der Waals surface area contributed by atoms with Gasteiger partial charge < -0.3 is 19.9 Å². The Morgan fingerprint density at radius 2 is 2.17 bits per heavy atom. The molecule has 0 saturated heterocycles. The third-order valence-electron chi connectivity index (χ3n) is 3.79. The van der Waals surface area contributed by atoms with Gasteiger partial charge in [-0.3, -0.25) is 0 Å². The number of nitrogens with zero attached hydrogens (tertiary/aromatic N) is 3. The fourth-order valence-electron chi connectivity index (χ4n) is 2.68. The molecule has 2 heterocycles. The van der Waals surface area contributed by atoms with Gasteiger partial charge >= 0.3 is 5.97 Å². The smallest absolute Gasteiger partial charge is 0.338 e. The third kappa shape index (κ3) is 2.50. The number of aromatic nitrogens is 3. The number of phenols is 1. The second kappa shape index (κ2) is 6.16. The lowest BCUT2D eigenvalue weighted by Crippen LogP contribution is -2.29. The van der Waals surface area contributed by atoms with Gasteiger partial charge in [0.2, 0.25) is 5.95 Å². The molecule has 0 unspecified atom stereocenters. The van der Waals surface area contributed by atoms with Gasteiger partial charge in [0.1, 0.15) is 12.4 Å². The van der Waals surface area contributed by atoms with Crippen LogP contribution in [-0.2, 0) is 9.53 Å². The first-order valence-electron chi connectivity index (χ1n) is 7.00. The summed E-state index contributed by atoms with van der Waals surface area (Å²) in [6, 6.07) is 2.79. The van der Waals surface area contributed by atoms with E-state index in [9.17, 15) is 9.90 Å². The fraction of sp³-hybridized carbons (Fsp3) is 0.267. The highest BCUT2D eigenvalue weighted by Gasteiger charge is 2.34. The third-order valence-corrected chi connectivity index (χ3v) is 4.39. The first-order valence-corrected chi connectivity index (χ1v) is 7.79. The van der Waals surface area contributed by atoms with Crippen molar-refractivity contribution in [1.29, 1.82) is 0 Å². The molecular weight excluding hydrogens is 380 g/mol. The van der Waals surface area contributed by atoms with Crippen molar-refractivity contribution in [3.63, 3.8) is 0 Å². The Morgan fingerprint density at radius 1 is 1.42 bits per heavy atom. The molecular formula is C15H15BrN4O4. The number of carbonyl (C=O) groups excluding carboxylic acids is 1. The molecule has 0 spiro atoms. The molecule has 0 fully saturated rings. The lowest BCUT2D eigenvalue weighted by Gasteiger charge is -2.28. The number of fused-ring (bicyclic) bond motifs is 1. The number of benzene rings is 1. The molecule has 1 aliphatic heterocycles. The molecule has 0 bridgehead atoms. The lowest BCUT2D eigenvalue weighted by molar-refractivity contribution is -0.136. The number of aromatic hydroxyl groups is 1. The van der Waals surface area contributed by atoms with Gasteiger partial charge in [0.15, 0.2) is 11.5 Å². The summed E-state index contributed by atoms with van der Waals surface area (Å²) in [6.07, 6.45) is 1.40. The van der Waals surface area contributed by atoms with Gasteiger partial charge in [-0.2, -0.15) is 10.1 Å². The number of anilines is 1. The Balaban J connectivity index is 2.24. The molecule has 1 atom stereocenters. The zero-order valence-electron chi connectivity index (χ0n) is 13.2. The molecule has 0 aliphatic carbocycles. The molecule has 126 valence electrons.